The maximum absolute atomic E-state index is 13.4. The number of rotatable bonds is 5. The van der Waals surface area contributed by atoms with E-state index < -0.39 is 25.7 Å². The van der Waals surface area contributed by atoms with Crippen molar-refractivity contribution in [3.8, 4) is 0 Å². The van der Waals surface area contributed by atoms with E-state index in [2.05, 4.69) is 5.32 Å². The van der Waals surface area contributed by atoms with Crippen molar-refractivity contribution in [1.29, 1.82) is 0 Å². The summed E-state index contributed by atoms with van der Waals surface area (Å²) >= 11 is 0. The molecular weight excluding hydrogens is 321 g/mol. The van der Waals surface area contributed by atoms with Gasteiger partial charge in [-0.05, 0) is 37.0 Å². The lowest BCUT2D eigenvalue weighted by molar-refractivity contribution is 0.0949. The molecular formula is C13H15ClFNO4S. The van der Waals surface area contributed by atoms with Gasteiger partial charge in [-0.3, -0.25) is 4.79 Å². The van der Waals surface area contributed by atoms with Crippen LogP contribution in [0.1, 0.15) is 23.2 Å². The van der Waals surface area contributed by atoms with Gasteiger partial charge >= 0.3 is 0 Å². The highest BCUT2D eigenvalue weighted by molar-refractivity contribution is 8.13. The Labute approximate surface area is 126 Å². The molecule has 1 heterocycles. The largest absolute Gasteiger partial charge is 0.381 e. The minimum atomic E-state index is -4.08. The molecule has 1 aliphatic heterocycles. The number of benzene rings is 1. The van der Waals surface area contributed by atoms with Gasteiger partial charge in [-0.1, -0.05) is 0 Å². The lowest BCUT2D eigenvalue weighted by atomic mass is 10.1. The molecule has 1 unspecified atom stereocenters. The van der Waals surface area contributed by atoms with Crippen molar-refractivity contribution in [3.05, 3.63) is 29.6 Å². The predicted molar refractivity (Wildman–Crippen MR) is 75.3 cm³/mol. The van der Waals surface area contributed by atoms with Crippen molar-refractivity contribution in [3.63, 3.8) is 0 Å². The van der Waals surface area contributed by atoms with Gasteiger partial charge in [0.05, 0.1) is 4.90 Å². The molecule has 1 saturated heterocycles. The van der Waals surface area contributed by atoms with Gasteiger partial charge in [0, 0.05) is 36.0 Å². The van der Waals surface area contributed by atoms with Crippen LogP contribution < -0.4 is 5.32 Å². The summed E-state index contributed by atoms with van der Waals surface area (Å²) in [6, 6.07) is 2.80. The predicted octanol–water partition coefficient (Wildman–Crippen LogP) is 1.91. The first-order valence-corrected chi connectivity index (χ1v) is 8.78. The molecule has 0 aromatic heterocycles. The molecule has 1 atom stereocenters. The Hall–Kier alpha value is -1.18. The topological polar surface area (TPSA) is 72.5 Å². The molecule has 0 radical (unpaired) electrons. The van der Waals surface area contributed by atoms with Crippen LogP contribution in [0.3, 0.4) is 0 Å². The Morgan fingerprint density at radius 3 is 2.81 bits per heavy atom. The first kappa shape index (κ1) is 16.2. The third-order valence-corrected chi connectivity index (χ3v) is 4.61. The highest BCUT2D eigenvalue weighted by Crippen LogP contribution is 2.19. The van der Waals surface area contributed by atoms with E-state index in [4.69, 9.17) is 15.4 Å². The number of amides is 1. The summed E-state index contributed by atoms with van der Waals surface area (Å²) in [6.07, 6.45) is 1.73. The molecule has 1 amide bonds. The van der Waals surface area contributed by atoms with E-state index in [1.165, 1.54) is 0 Å². The Morgan fingerprint density at radius 2 is 2.19 bits per heavy atom. The van der Waals surface area contributed by atoms with Crippen molar-refractivity contribution in [2.45, 2.75) is 17.7 Å². The van der Waals surface area contributed by atoms with Crippen LogP contribution in [0.15, 0.2) is 23.1 Å². The molecule has 5 nitrogen and oxygen atoms in total. The van der Waals surface area contributed by atoms with Gasteiger partial charge < -0.3 is 10.1 Å². The fraction of sp³-hybridized carbons (Fsp3) is 0.462. The average molecular weight is 336 g/mol. The third-order valence-electron chi connectivity index (χ3n) is 3.28. The highest BCUT2D eigenvalue weighted by atomic mass is 35.7. The second kappa shape index (κ2) is 6.72. The minimum Gasteiger partial charge on any atom is -0.381 e. The fourth-order valence-electron chi connectivity index (χ4n) is 2.14. The van der Waals surface area contributed by atoms with Crippen LogP contribution in [-0.2, 0) is 13.8 Å². The summed E-state index contributed by atoms with van der Waals surface area (Å²) < 4.78 is 41.0. The molecule has 0 bridgehead atoms. The van der Waals surface area contributed by atoms with Gasteiger partial charge in [0.15, 0.2) is 0 Å². The molecule has 8 heteroatoms. The number of carbonyl (C=O) groups is 1. The number of halogens is 2. The van der Waals surface area contributed by atoms with Crippen molar-refractivity contribution in [2.24, 2.45) is 5.92 Å². The lowest BCUT2D eigenvalue weighted by Gasteiger charge is -2.09. The van der Waals surface area contributed by atoms with Gasteiger partial charge in [0.25, 0.3) is 15.0 Å². The maximum atomic E-state index is 13.4. The van der Waals surface area contributed by atoms with Crippen LogP contribution in [0.25, 0.3) is 0 Å². The molecule has 0 saturated carbocycles. The first-order chi connectivity index (χ1) is 9.86. The minimum absolute atomic E-state index is 0.0723. The summed E-state index contributed by atoms with van der Waals surface area (Å²) in [5.74, 6) is -0.947. The molecule has 21 heavy (non-hydrogen) atoms. The zero-order valence-electron chi connectivity index (χ0n) is 11.1. The van der Waals surface area contributed by atoms with Gasteiger partial charge in [0.1, 0.15) is 5.82 Å². The SMILES string of the molecule is O=C(NCCC1CCOC1)c1cc(F)cc(S(=O)(=O)Cl)c1. The van der Waals surface area contributed by atoms with E-state index in [-0.39, 0.29) is 5.56 Å². The van der Waals surface area contributed by atoms with Gasteiger partial charge in [-0.15, -0.1) is 0 Å². The summed E-state index contributed by atoms with van der Waals surface area (Å²) in [7, 11) is 1.08. The van der Waals surface area contributed by atoms with Crippen LogP contribution in [0, 0.1) is 11.7 Å². The number of carbonyl (C=O) groups excluding carboxylic acids is 1. The maximum Gasteiger partial charge on any atom is 0.261 e. The van der Waals surface area contributed by atoms with Gasteiger partial charge in [-0.2, -0.15) is 0 Å². The van der Waals surface area contributed by atoms with E-state index in [1.54, 1.807) is 0 Å². The van der Waals surface area contributed by atoms with E-state index >= 15 is 0 Å². The van der Waals surface area contributed by atoms with Crippen LogP contribution in [0.2, 0.25) is 0 Å². The summed E-state index contributed by atoms with van der Waals surface area (Å²) in [4.78, 5) is 11.5. The van der Waals surface area contributed by atoms with E-state index in [0.717, 1.165) is 37.6 Å². The van der Waals surface area contributed by atoms with Crippen molar-refractivity contribution < 1.29 is 22.3 Å². The Kier molecular flexibility index (Phi) is 5.18. The second-order valence-electron chi connectivity index (χ2n) is 4.89. The molecule has 0 aliphatic carbocycles. The molecule has 1 fully saturated rings. The highest BCUT2D eigenvalue weighted by Gasteiger charge is 2.18. The van der Waals surface area contributed by atoms with Crippen molar-refractivity contribution >= 4 is 25.6 Å². The lowest BCUT2D eigenvalue weighted by Crippen LogP contribution is -2.26. The van der Waals surface area contributed by atoms with Crippen LogP contribution in [-0.4, -0.2) is 34.1 Å². The van der Waals surface area contributed by atoms with Gasteiger partial charge in [-0.25, -0.2) is 12.8 Å². The number of ether oxygens (including phenoxy) is 1. The average Bonchev–Trinajstić information content (AvgIpc) is 2.90. The quantitative estimate of drug-likeness (QED) is 0.834. The zero-order chi connectivity index (χ0) is 15.5. The van der Waals surface area contributed by atoms with Crippen molar-refractivity contribution in [1.82, 2.24) is 5.32 Å². The molecule has 1 N–H and O–H groups in total. The number of hydrogen-bond donors (Lipinski definition) is 1. The molecule has 1 aromatic carbocycles. The van der Waals surface area contributed by atoms with Crippen LogP contribution >= 0.6 is 10.7 Å². The van der Waals surface area contributed by atoms with E-state index in [0.29, 0.717) is 19.1 Å². The first-order valence-electron chi connectivity index (χ1n) is 6.47. The van der Waals surface area contributed by atoms with E-state index in [1.807, 2.05) is 0 Å². The summed E-state index contributed by atoms with van der Waals surface area (Å²) in [5, 5.41) is 2.63. The summed E-state index contributed by atoms with van der Waals surface area (Å²) in [6.45, 7) is 1.84. The Balaban J connectivity index is 2.00. The molecule has 0 spiro atoms. The third kappa shape index (κ3) is 4.66. The Bertz CT molecular complexity index is 629. The van der Waals surface area contributed by atoms with Crippen LogP contribution in [0.4, 0.5) is 4.39 Å². The molecule has 2 rings (SSSR count). The van der Waals surface area contributed by atoms with Crippen molar-refractivity contribution in [2.75, 3.05) is 19.8 Å². The normalized spacial score (nSPS) is 18.7. The van der Waals surface area contributed by atoms with Crippen LogP contribution in [0.5, 0.6) is 0 Å². The number of hydrogen-bond acceptors (Lipinski definition) is 4. The molecule has 1 aromatic rings. The Morgan fingerprint density at radius 1 is 1.43 bits per heavy atom. The zero-order valence-corrected chi connectivity index (χ0v) is 12.7. The standard InChI is InChI=1S/C13H15ClFNO4S/c14-21(18,19)12-6-10(5-11(15)7-12)13(17)16-3-1-9-2-4-20-8-9/h5-7,9H,1-4,8H2,(H,16,17). The molecule has 1 aliphatic rings. The second-order valence-corrected chi connectivity index (χ2v) is 7.45. The van der Waals surface area contributed by atoms with Gasteiger partial charge in [0.2, 0.25) is 0 Å². The fourth-order valence-corrected chi connectivity index (χ4v) is 2.93. The summed E-state index contributed by atoms with van der Waals surface area (Å²) in [5.41, 5.74) is -0.0723. The number of nitrogens with one attached hydrogen (secondary N) is 1. The smallest absolute Gasteiger partial charge is 0.261 e. The molecule has 116 valence electrons. The monoisotopic (exact) mass is 335 g/mol. The van der Waals surface area contributed by atoms with E-state index in [9.17, 15) is 17.6 Å².